The third-order valence-corrected chi connectivity index (χ3v) is 4.14. The Morgan fingerprint density at radius 2 is 1.21 bits per heavy atom. The SMILES string of the molecule is C(OCC1CO1)C1CO1.CCO[SiH](OCC)OCC. The van der Waals surface area contributed by atoms with Crippen LogP contribution in [0.1, 0.15) is 20.8 Å². The van der Waals surface area contributed by atoms with Crippen molar-refractivity contribution in [3.63, 3.8) is 0 Å². The average Bonchev–Trinajstić information content (AvgIpc) is 3.26. The van der Waals surface area contributed by atoms with Crippen LogP contribution in [-0.2, 0) is 27.5 Å². The Morgan fingerprint density at radius 3 is 1.47 bits per heavy atom. The maximum atomic E-state index is 5.23. The van der Waals surface area contributed by atoms with Crippen molar-refractivity contribution in [2.24, 2.45) is 0 Å². The van der Waals surface area contributed by atoms with Gasteiger partial charge < -0.3 is 27.5 Å². The standard InChI is InChI=1S/C6H16O3Si.C6H10O3/c1-4-7-10(8-5-2)9-6-3;1(5-3-8-5)7-2-6-4-9-6/h10H,4-6H2,1-3H3;5-6H,1-4H2. The first-order valence-corrected chi connectivity index (χ1v) is 8.37. The van der Waals surface area contributed by atoms with Gasteiger partial charge in [0.15, 0.2) is 0 Å². The van der Waals surface area contributed by atoms with Gasteiger partial charge in [0, 0.05) is 19.8 Å². The molecule has 2 unspecified atom stereocenters. The predicted molar refractivity (Wildman–Crippen MR) is 72.3 cm³/mol. The van der Waals surface area contributed by atoms with Crippen molar-refractivity contribution in [2.45, 2.75) is 33.0 Å². The first-order valence-electron chi connectivity index (χ1n) is 6.95. The van der Waals surface area contributed by atoms with E-state index in [0.29, 0.717) is 32.0 Å². The molecule has 19 heavy (non-hydrogen) atoms. The largest absolute Gasteiger partial charge is 0.484 e. The van der Waals surface area contributed by atoms with Crippen molar-refractivity contribution < 1.29 is 27.5 Å². The molecule has 2 atom stereocenters. The Balaban J connectivity index is 0.000000190. The summed E-state index contributed by atoms with van der Waals surface area (Å²) in [6, 6.07) is 0. The molecule has 2 aliphatic rings. The van der Waals surface area contributed by atoms with Crippen molar-refractivity contribution in [1.82, 2.24) is 0 Å². The molecule has 0 spiro atoms. The summed E-state index contributed by atoms with van der Waals surface area (Å²) in [6.07, 6.45) is 0.785. The Morgan fingerprint density at radius 1 is 0.842 bits per heavy atom. The molecular formula is C12H26O6Si. The minimum atomic E-state index is -1.73. The van der Waals surface area contributed by atoms with Crippen LogP contribution >= 0.6 is 0 Å². The summed E-state index contributed by atoms with van der Waals surface area (Å²) in [5, 5.41) is 0. The molecule has 0 N–H and O–H groups in total. The molecule has 0 radical (unpaired) electrons. The maximum absolute atomic E-state index is 5.23. The maximum Gasteiger partial charge on any atom is 0.484 e. The molecule has 2 saturated heterocycles. The number of hydrogen-bond acceptors (Lipinski definition) is 6. The summed E-state index contributed by atoms with van der Waals surface area (Å²) in [7, 11) is -1.73. The van der Waals surface area contributed by atoms with E-state index in [1.807, 2.05) is 20.8 Å². The molecule has 2 fully saturated rings. The van der Waals surface area contributed by atoms with Gasteiger partial charge in [-0.15, -0.1) is 0 Å². The third-order valence-electron chi connectivity index (χ3n) is 2.32. The lowest BCUT2D eigenvalue weighted by atomic mass is 10.5. The van der Waals surface area contributed by atoms with Crippen LogP contribution in [-0.4, -0.2) is 68.0 Å². The minimum Gasteiger partial charge on any atom is -0.376 e. The lowest BCUT2D eigenvalue weighted by Gasteiger charge is -2.12. The van der Waals surface area contributed by atoms with Gasteiger partial charge in [0.05, 0.1) is 26.4 Å². The number of hydrogen-bond donors (Lipinski definition) is 0. The van der Waals surface area contributed by atoms with Crippen LogP contribution in [0.4, 0.5) is 0 Å². The van der Waals surface area contributed by atoms with Gasteiger partial charge in [0.2, 0.25) is 0 Å². The zero-order valence-electron chi connectivity index (χ0n) is 12.1. The van der Waals surface area contributed by atoms with Crippen LogP contribution < -0.4 is 0 Å². The lowest BCUT2D eigenvalue weighted by Crippen LogP contribution is -2.27. The minimum absolute atomic E-state index is 0.392. The molecule has 2 rings (SSSR count). The van der Waals surface area contributed by atoms with Crippen molar-refractivity contribution >= 4 is 9.53 Å². The second kappa shape index (κ2) is 10.7. The van der Waals surface area contributed by atoms with Gasteiger partial charge in [-0.3, -0.25) is 0 Å². The molecule has 6 nitrogen and oxygen atoms in total. The molecule has 0 amide bonds. The van der Waals surface area contributed by atoms with Crippen molar-refractivity contribution in [1.29, 1.82) is 0 Å². The Hall–Kier alpha value is -0.0231. The van der Waals surface area contributed by atoms with E-state index in [9.17, 15) is 0 Å². The van der Waals surface area contributed by atoms with Gasteiger partial charge in [-0.25, -0.2) is 0 Å². The van der Waals surface area contributed by atoms with Crippen molar-refractivity contribution in [3.8, 4) is 0 Å². The number of ether oxygens (including phenoxy) is 3. The second-order valence-corrected chi connectivity index (χ2v) is 5.68. The molecule has 7 heteroatoms. The quantitative estimate of drug-likeness (QED) is 0.435. The molecule has 2 aliphatic heterocycles. The van der Waals surface area contributed by atoms with E-state index in [1.165, 1.54) is 0 Å². The van der Waals surface area contributed by atoms with E-state index in [1.54, 1.807) is 0 Å². The summed E-state index contributed by atoms with van der Waals surface area (Å²) >= 11 is 0. The molecule has 0 aliphatic carbocycles. The van der Waals surface area contributed by atoms with Gasteiger partial charge >= 0.3 is 9.53 Å². The van der Waals surface area contributed by atoms with Crippen LogP contribution in [0.25, 0.3) is 0 Å². The van der Waals surface area contributed by atoms with Gasteiger partial charge in [0.1, 0.15) is 12.2 Å². The van der Waals surface area contributed by atoms with E-state index >= 15 is 0 Å². The van der Waals surface area contributed by atoms with Gasteiger partial charge in [-0.05, 0) is 20.8 Å². The molecule has 114 valence electrons. The molecular weight excluding hydrogens is 268 g/mol. The summed E-state index contributed by atoms with van der Waals surface area (Å²) in [4.78, 5) is 0. The normalized spacial score (nSPS) is 24.0. The summed E-state index contributed by atoms with van der Waals surface area (Å²) in [5.74, 6) is 0. The first kappa shape index (κ1) is 17.0. The highest BCUT2D eigenvalue weighted by atomic mass is 28.3. The van der Waals surface area contributed by atoms with Gasteiger partial charge in [-0.2, -0.15) is 0 Å². The van der Waals surface area contributed by atoms with E-state index in [-0.39, 0.29) is 0 Å². The van der Waals surface area contributed by atoms with E-state index in [2.05, 4.69) is 0 Å². The van der Waals surface area contributed by atoms with Crippen LogP contribution in [0, 0.1) is 0 Å². The number of rotatable bonds is 10. The van der Waals surface area contributed by atoms with E-state index in [4.69, 9.17) is 27.5 Å². The van der Waals surface area contributed by atoms with Gasteiger partial charge in [0.25, 0.3) is 0 Å². The summed E-state index contributed by atoms with van der Waals surface area (Å²) in [5.41, 5.74) is 0. The van der Waals surface area contributed by atoms with Crippen LogP contribution in [0.2, 0.25) is 0 Å². The summed E-state index contributed by atoms with van der Waals surface area (Å²) in [6.45, 7) is 11.1. The zero-order chi connectivity index (χ0) is 13.9. The fraction of sp³-hybridized carbons (Fsp3) is 1.00. The van der Waals surface area contributed by atoms with Crippen LogP contribution in [0.5, 0.6) is 0 Å². The van der Waals surface area contributed by atoms with E-state index < -0.39 is 9.53 Å². The molecule has 0 aromatic carbocycles. The molecule has 0 aromatic rings. The van der Waals surface area contributed by atoms with Crippen molar-refractivity contribution in [2.75, 3.05) is 46.2 Å². The fourth-order valence-electron chi connectivity index (χ4n) is 1.21. The highest BCUT2D eigenvalue weighted by Crippen LogP contribution is 2.12. The third kappa shape index (κ3) is 10.4. The zero-order valence-corrected chi connectivity index (χ0v) is 13.3. The highest BCUT2D eigenvalue weighted by Gasteiger charge is 2.26. The molecule has 0 aromatic heterocycles. The Kier molecular flexibility index (Phi) is 9.61. The average molecular weight is 294 g/mol. The molecule has 2 heterocycles. The highest BCUT2D eigenvalue weighted by molar-refractivity contribution is 6.36. The first-order chi connectivity index (χ1) is 9.30. The predicted octanol–water partition coefficient (Wildman–Crippen LogP) is 0.614. The Labute approximate surface area is 117 Å². The topological polar surface area (TPSA) is 62.0 Å². The number of epoxide rings is 2. The molecule has 0 saturated carbocycles. The van der Waals surface area contributed by atoms with Gasteiger partial charge in [-0.1, -0.05) is 0 Å². The van der Waals surface area contributed by atoms with Crippen molar-refractivity contribution in [3.05, 3.63) is 0 Å². The molecule has 0 bridgehead atoms. The smallest absolute Gasteiger partial charge is 0.376 e. The monoisotopic (exact) mass is 294 g/mol. The fourth-order valence-corrected chi connectivity index (χ4v) is 2.32. The van der Waals surface area contributed by atoms with E-state index in [0.717, 1.165) is 26.4 Å². The summed E-state index contributed by atoms with van der Waals surface area (Å²) < 4.78 is 30.8. The van der Waals surface area contributed by atoms with Crippen LogP contribution in [0.15, 0.2) is 0 Å². The Bertz CT molecular complexity index is 184. The second-order valence-electron chi connectivity index (χ2n) is 4.10. The van der Waals surface area contributed by atoms with Crippen LogP contribution in [0.3, 0.4) is 0 Å². The lowest BCUT2D eigenvalue weighted by molar-refractivity contribution is 0.102.